The number of para-hydroxylation sites is 4. The van der Waals surface area contributed by atoms with E-state index in [1.807, 2.05) is 18.2 Å². The third kappa shape index (κ3) is 2.87. The Kier molecular flexibility index (Phi) is 4.05. The van der Waals surface area contributed by atoms with Gasteiger partial charge in [-0.25, -0.2) is 0 Å². The van der Waals surface area contributed by atoms with Crippen LogP contribution in [0.2, 0.25) is 0 Å². The molecule has 0 aliphatic heterocycles. The van der Waals surface area contributed by atoms with Crippen molar-refractivity contribution >= 4 is 65.7 Å². The molecule has 0 radical (unpaired) electrons. The molecule has 0 saturated carbocycles. The topological polar surface area (TPSA) is 31.2 Å². The molecule has 0 aliphatic carbocycles. The smallest absolute Gasteiger partial charge is 0.143 e. The predicted octanol–water partition coefficient (Wildman–Crippen LogP) is 10.2. The van der Waals surface area contributed by atoms with Crippen molar-refractivity contribution in [2.45, 2.75) is 0 Å². The quantitative estimate of drug-likeness (QED) is 0.237. The first-order chi connectivity index (χ1) is 19.3. The number of furan rings is 2. The first-order valence-electron chi connectivity index (χ1n) is 13.2. The minimum absolute atomic E-state index is 0.839. The molecule has 3 heterocycles. The zero-order valence-corrected chi connectivity index (χ0v) is 20.9. The highest BCUT2D eigenvalue weighted by molar-refractivity contribution is 6.17. The third-order valence-electron chi connectivity index (χ3n) is 7.99. The van der Waals surface area contributed by atoms with Gasteiger partial charge in [-0.2, -0.15) is 0 Å². The summed E-state index contributed by atoms with van der Waals surface area (Å²) in [6.45, 7) is 0. The summed E-state index contributed by atoms with van der Waals surface area (Å²) < 4.78 is 15.0. The highest BCUT2D eigenvalue weighted by Crippen LogP contribution is 2.41. The number of fused-ring (bicyclic) bond motifs is 9. The second kappa shape index (κ2) is 7.62. The van der Waals surface area contributed by atoms with Gasteiger partial charge in [-0.05, 0) is 48.0 Å². The van der Waals surface area contributed by atoms with Crippen molar-refractivity contribution in [2.75, 3.05) is 0 Å². The molecule has 0 bridgehead atoms. The molecule has 0 aliphatic rings. The van der Waals surface area contributed by atoms with Gasteiger partial charge in [-0.1, -0.05) is 78.9 Å². The van der Waals surface area contributed by atoms with Crippen LogP contribution >= 0.6 is 0 Å². The van der Waals surface area contributed by atoms with Crippen molar-refractivity contribution in [1.82, 2.24) is 4.57 Å². The lowest BCUT2D eigenvalue weighted by atomic mass is 10.00. The molecule has 3 heteroatoms. The van der Waals surface area contributed by atoms with E-state index in [0.717, 1.165) is 60.7 Å². The van der Waals surface area contributed by atoms with Gasteiger partial charge in [-0.15, -0.1) is 0 Å². The van der Waals surface area contributed by atoms with E-state index in [-0.39, 0.29) is 0 Å². The summed E-state index contributed by atoms with van der Waals surface area (Å²) in [5, 5.41) is 6.92. The Balaban J connectivity index is 1.30. The van der Waals surface area contributed by atoms with Gasteiger partial charge < -0.3 is 13.4 Å². The van der Waals surface area contributed by atoms with Crippen LogP contribution in [0, 0.1) is 0 Å². The fraction of sp³-hybridized carbons (Fsp3) is 0. The maximum atomic E-state index is 6.55. The molecule has 0 N–H and O–H groups in total. The molecule has 3 nitrogen and oxygen atoms in total. The summed E-state index contributed by atoms with van der Waals surface area (Å²) in [7, 11) is 0. The highest BCUT2D eigenvalue weighted by Gasteiger charge is 2.17. The van der Waals surface area contributed by atoms with Gasteiger partial charge in [0.2, 0.25) is 0 Å². The van der Waals surface area contributed by atoms with Crippen LogP contribution in [0.1, 0.15) is 0 Å². The summed E-state index contributed by atoms with van der Waals surface area (Å²) in [6, 6.07) is 44.8. The molecule has 182 valence electrons. The van der Waals surface area contributed by atoms with Crippen molar-refractivity contribution in [3.63, 3.8) is 0 Å². The molecule has 0 fully saturated rings. The summed E-state index contributed by atoms with van der Waals surface area (Å²) in [4.78, 5) is 0. The number of hydrogen-bond donors (Lipinski definition) is 0. The lowest BCUT2D eigenvalue weighted by Crippen LogP contribution is -1.92. The molecule has 3 aromatic heterocycles. The van der Waals surface area contributed by atoms with Gasteiger partial charge in [0.15, 0.2) is 0 Å². The second-order valence-electron chi connectivity index (χ2n) is 10.1. The lowest BCUT2D eigenvalue weighted by molar-refractivity contribution is 0.656. The molecule has 9 rings (SSSR count). The van der Waals surface area contributed by atoms with Crippen molar-refractivity contribution in [3.8, 4) is 16.8 Å². The molecule has 0 unspecified atom stereocenters. The molecule has 9 aromatic rings. The van der Waals surface area contributed by atoms with E-state index in [1.165, 1.54) is 21.8 Å². The number of aromatic nitrogens is 1. The zero-order chi connectivity index (χ0) is 25.5. The number of hydrogen-bond acceptors (Lipinski definition) is 2. The van der Waals surface area contributed by atoms with E-state index in [4.69, 9.17) is 8.83 Å². The van der Waals surface area contributed by atoms with E-state index in [9.17, 15) is 0 Å². The van der Waals surface area contributed by atoms with Crippen molar-refractivity contribution in [3.05, 3.63) is 127 Å². The summed E-state index contributed by atoms with van der Waals surface area (Å²) in [5.74, 6) is 0. The standard InChI is InChI=1S/C36H21NO2/c1-2-9-23(10-3-1)37-31-15-6-4-11-25(31)28-19-22(17-18-32(28)37)24-13-8-14-27-30-20-29-26-12-5-7-16-33(26)38-34(29)21-35(30)39-36(24)27/h1-21H. The maximum Gasteiger partial charge on any atom is 0.143 e. The van der Waals surface area contributed by atoms with Gasteiger partial charge in [0.05, 0.1) is 11.0 Å². The molecule has 0 atom stereocenters. The summed E-state index contributed by atoms with van der Waals surface area (Å²) in [5.41, 5.74) is 9.25. The SMILES string of the molecule is c1ccc(-n2c3ccccc3c3cc(-c4cccc5c4oc4cc6oc7ccccc7c6cc45)ccc32)cc1. The summed E-state index contributed by atoms with van der Waals surface area (Å²) >= 11 is 0. The Hall–Kier alpha value is -5.28. The minimum atomic E-state index is 0.839. The lowest BCUT2D eigenvalue weighted by Gasteiger charge is -2.08. The first kappa shape index (κ1) is 20.7. The molecular weight excluding hydrogens is 478 g/mol. The van der Waals surface area contributed by atoms with Crippen LogP contribution in [-0.4, -0.2) is 4.57 Å². The van der Waals surface area contributed by atoms with Crippen LogP contribution in [0.5, 0.6) is 0 Å². The van der Waals surface area contributed by atoms with Crippen molar-refractivity contribution < 1.29 is 8.83 Å². The Morgan fingerprint density at radius 3 is 2.05 bits per heavy atom. The van der Waals surface area contributed by atoms with E-state index in [2.05, 4.69) is 114 Å². The van der Waals surface area contributed by atoms with E-state index < -0.39 is 0 Å². The van der Waals surface area contributed by atoms with Crippen LogP contribution in [0.3, 0.4) is 0 Å². The Bertz CT molecular complexity index is 2390. The van der Waals surface area contributed by atoms with Gasteiger partial charge in [0, 0.05) is 49.6 Å². The molecule has 0 spiro atoms. The molecule has 0 saturated heterocycles. The van der Waals surface area contributed by atoms with E-state index in [0.29, 0.717) is 0 Å². The molecule has 39 heavy (non-hydrogen) atoms. The maximum absolute atomic E-state index is 6.55. The van der Waals surface area contributed by atoms with Gasteiger partial charge in [-0.3, -0.25) is 0 Å². The van der Waals surface area contributed by atoms with Crippen molar-refractivity contribution in [1.29, 1.82) is 0 Å². The number of benzene rings is 6. The number of nitrogens with zero attached hydrogens (tertiary/aromatic N) is 1. The average molecular weight is 500 g/mol. The third-order valence-corrected chi connectivity index (χ3v) is 7.99. The summed E-state index contributed by atoms with van der Waals surface area (Å²) in [6.07, 6.45) is 0. The largest absolute Gasteiger partial charge is 0.456 e. The monoisotopic (exact) mass is 499 g/mol. The highest BCUT2D eigenvalue weighted by atomic mass is 16.3. The fourth-order valence-electron chi connectivity index (χ4n) is 6.24. The molecule has 0 amide bonds. The Morgan fingerprint density at radius 1 is 0.410 bits per heavy atom. The Morgan fingerprint density at radius 2 is 1.13 bits per heavy atom. The van der Waals surface area contributed by atoms with E-state index >= 15 is 0 Å². The predicted molar refractivity (Wildman–Crippen MR) is 161 cm³/mol. The number of rotatable bonds is 2. The molecule has 6 aromatic carbocycles. The van der Waals surface area contributed by atoms with Crippen LogP contribution in [0.15, 0.2) is 136 Å². The molecular formula is C36H21NO2. The van der Waals surface area contributed by atoms with Gasteiger partial charge in [0.1, 0.15) is 22.3 Å². The van der Waals surface area contributed by atoms with E-state index in [1.54, 1.807) is 0 Å². The average Bonchev–Trinajstić information content (AvgIpc) is 3.65. The fourth-order valence-corrected chi connectivity index (χ4v) is 6.24. The second-order valence-corrected chi connectivity index (χ2v) is 10.1. The van der Waals surface area contributed by atoms with Crippen LogP contribution in [-0.2, 0) is 0 Å². The van der Waals surface area contributed by atoms with Crippen LogP contribution < -0.4 is 0 Å². The van der Waals surface area contributed by atoms with Crippen LogP contribution in [0.4, 0.5) is 0 Å². The van der Waals surface area contributed by atoms with Gasteiger partial charge in [0.25, 0.3) is 0 Å². The minimum Gasteiger partial charge on any atom is -0.456 e. The Labute approximate surface area is 223 Å². The van der Waals surface area contributed by atoms with Gasteiger partial charge >= 0.3 is 0 Å². The zero-order valence-electron chi connectivity index (χ0n) is 20.9. The normalized spacial score (nSPS) is 12.1. The van der Waals surface area contributed by atoms with Crippen molar-refractivity contribution in [2.24, 2.45) is 0 Å². The first-order valence-corrected chi connectivity index (χ1v) is 13.2. The van der Waals surface area contributed by atoms with Crippen LogP contribution in [0.25, 0.3) is 82.5 Å².